The Labute approximate surface area is 435 Å². The molecule has 1 amide bonds. The van der Waals surface area contributed by atoms with Crippen molar-refractivity contribution in [3.05, 3.63) is 215 Å². The van der Waals surface area contributed by atoms with Crippen molar-refractivity contribution in [2.24, 2.45) is 0 Å². The molecule has 0 aliphatic carbocycles. The number of aliphatic hydroxyl groups excluding tert-OH is 1. The van der Waals surface area contributed by atoms with E-state index >= 15 is 0 Å². The van der Waals surface area contributed by atoms with Gasteiger partial charge in [0.1, 0.15) is 48.8 Å². The number of amides is 1. The van der Waals surface area contributed by atoms with Gasteiger partial charge in [0.25, 0.3) is 0 Å². The molecule has 0 unspecified atom stereocenters. The summed E-state index contributed by atoms with van der Waals surface area (Å²) in [6.45, 7) is 0.395. The number of rotatable bonds is 27. The second-order valence-corrected chi connectivity index (χ2v) is 18.2. The van der Waals surface area contributed by atoms with E-state index in [0.717, 1.165) is 33.4 Å². The Morgan fingerprint density at radius 3 is 1.20 bits per heavy atom. The Balaban J connectivity index is 1.14. The first-order chi connectivity index (χ1) is 36.7. The summed E-state index contributed by atoms with van der Waals surface area (Å²) in [7, 11) is 0. The topological polar surface area (TPSA) is 142 Å². The smallest absolute Gasteiger partial charge is 0.385 e. The summed E-state index contributed by atoms with van der Waals surface area (Å²) in [5.41, 5.74) is 5.28. The quantitative estimate of drug-likeness (QED) is 0.0476. The Morgan fingerprint density at radius 2 is 0.800 bits per heavy atom. The number of carbonyl (C=O) groups excluding carboxylic acids is 1. The average Bonchev–Trinajstić information content (AvgIpc) is 3.44. The minimum Gasteiger partial charge on any atom is -0.385 e. The first-order valence-corrected chi connectivity index (χ1v) is 25.1. The highest BCUT2D eigenvalue weighted by atomic mass is 19.4. The summed E-state index contributed by atoms with van der Waals surface area (Å²) >= 11 is 0. The fraction of sp³-hybridized carbons (Fsp3) is 0.373. The van der Waals surface area contributed by atoms with Crippen LogP contribution in [0.25, 0.3) is 0 Å². The molecule has 2 saturated heterocycles. The number of aliphatic hydroxyl groups is 1. The molecular formula is C59H64F3NO12. The van der Waals surface area contributed by atoms with E-state index in [1.165, 1.54) is 0 Å². The van der Waals surface area contributed by atoms with Crippen LogP contribution in [0.3, 0.4) is 0 Å². The largest absolute Gasteiger partial charge is 0.471 e. The number of hydrogen-bond acceptors (Lipinski definition) is 12. The van der Waals surface area contributed by atoms with Crippen LogP contribution in [-0.2, 0) is 91.8 Å². The van der Waals surface area contributed by atoms with Crippen LogP contribution in [0, 0.1) is 0 Å². The third kappa shape index (κ3) is 17.1. The van der Waals surface area contributed by atoms with Gasteiger partial charge in [0.15, 0.2) is 12.6 Å². The predicted molar refractivity (Wildman–Crippen MR) is 270 cm³/mol. The molecular weight excluding hydrogens is 972 g/mol. The van der Waals surface area contributed by atoms with Crippen LogP contribution in [0.5, 0.6) is 0 Å². The highest BCUT2D eigenvalue weighted by molar-refractivity contribution is 5.81. The lowest BCUT2D eigenvalue weighted by atomic mass is 9.96. The number of ether oxygens (including phenoxy) is 10. The van der Waals surface area contributed by atoms with Crippen molar-refractivity contribution in [3.63, 3.8) is 0 Å². The minimum absolute atomic E-state index is 0.00551. The van der Waals surface area contributed by atoms with E-state index in [1.807, 2.05) is 187 Å². The van der Waals surface area contributed by atoms with E-state index in [1.54, 1.807) is 0 Å². The predicted octanol–water partition coefficient (Wildman–Crippen LogP) is 9.04. The molecule has 0 saturated carbocycles. The normalized spacial score (nSPS) is 23.9. The van der Waals surface area contributed by atoms with Gasteiger partial charge in [0.2, 0.25) is 0 Å². The number of hydrogen-bond donors (Lipinski definition) is 2. The minimum atomic E-state index is -5.06. The molecule has 2 heterocycles. The van der Waals surface area contributed by atoms with Gasteiger partial charge in [-0.25, -0.2) is 0 Å². The highest BCUT2D eigenvalue weighted by Crippen LogP contribution is 2.36. The SMILES string of the molecule is O=C(NCCCO[C@H]1O[C@H](COCc2ccccc2)[C@@H](OCc2ccccc2)[C@H](OCc2ccccc2)[C@@H]1O[C@H]1O[C@H](COCc2ccccc2)[C@@H](OCc2ccccc2)[C@H](OCc2ccccc2)[C@@H]1O)C(F)(F)F. The maximum atomic E-state index is 13.2. The standard InChI is InChI=1S/C59H64F3NO12/c60-59(61,62)58(65)63-32-19-33-68-57-55(54(72-39-47-30-17-6-18-31-47)52(70-37-45-26-13-4-14-27-45)49(74-57)41-67-35-43-22-9-2-10-23-43)75-56-50(64)53(71-38-46-28-15-5-16-29-46)51(69-36-44-24-11-3-12-25-44)48(73-56)40-66-34-42-20-7-1-8-21-42/h1-18,20-31,48-57,64H,19,32-41H2,(H,63,65)/t48-,49-,50+,51-,52-,53-,54+,55+,56-,57+/m1/s1. The van der Waals surface area contributed by atoms with Crippen molar-refractivity contribution in [1.82, 2.24) is 5.32 Å². The van der Waals surface area contributed by atoms with E-state index in [0.29, 0.717) is 0 Å². The monoisotopic (exact) mass is 1040 g/mol. The highest BCUT2D eigenvalue weighted by Gasteiger charge is 2.54. The van der Waals surface area contributed by atoms with E-state index in [2.05, 4.69) is 0 Å². The van der Waals surface area contributed by atoms with Crippen molar-refractivity contribution >= 4 is 5.91 Å². The second kappa shape index (κ2) is 28.9. The van der Waals surface area contributed by atoms with Gasteiger partial charge in [-0.2, -0.15) is 13.2 Å². The molecule has 2 aliphatic heterocycles. The Morgan fingerprint density at radius 1 is 0.453 bits per heavy atom. The Kier molecular flexibility index (Phi) is 21.3. The van der Waals surface area contributed by atoms with Gasteiger partial charge in [0, 0.05) is 6.54 Å². The van der Waals surface area contributed by atoms with Crippen molar-refractivity contribution in [2.75, 3.05) is 26.4 Å². The maximum absolute atomic E-state index is 13.2. The molecule has 0 aromatic heterocycles. The van der Waals surface area contributed by atoms with Crippen LogP contribution in [0.1, 0.15) is 39.8 Å². The average molecular weight is 1040 g/mol. The lowest BCUT2D eigenvalue weighted by Crippen LogP contribution is -2.66. The van der Waals surface area contributed by atoms with Gasteiger partial charge in [-0.15, -0.1) is 0 Å². The molecule has 8 rings (SSSR count). The number of halogens is 3. The van der Waals surface area contributed by atoms with Gasteiger partial charge in [-0.3, -0.25) is 4.79 Å². The van der Waals surface area contributed by atoms with Crippen LogP contribution in [0.2, 0.25) is 0 Å². The van der Waals surface area contributed by atoms with Crippen LogP contribution in [-0.4, -0.2) is 105 Å². The second-order valence-electron chi connectivity index (χ2n) is 18.2. The molecule has 0 bridgehead atoms. The van der Waals surface area contributed by atoms with Crippen LogP contribution >= 0.6 is 0 Å². The Bertz CT molecular complexity index is 2520. The number of carbonyl (C=O) groups is 1. The molecule has 10 atom stereocenters. The fourth-order valence-electron chi connectivity index (χ4n) is 8.75. The molecule has 2 N–H and O–H groups in total. The van der Waals surface area contributed by atoms with Gasteiger partial charge in [-0.1, -0.05) is 182 Å². The van der Waals surface area contributed by atoms with Gasteiger partial charge in [-0.05, 0) is 39.8 Å². The van der Waals surface area contributed by atoms with Gasteiger partial charge >= 0.3 is 12.1 Å². The fourth-order valence-corrected chi connectivity index (χ4v) is 8.75. The molecule has 6 aromatic carbocycles. The van der Waals surface area contributed by atoms with Crippen molar-refractivity contribution in [1.29, 1.82) is 0 Å². The number of nitrogens with one attached hydrogen (secondary N) is 1. The lowest BCUT2D eigenvalue weighted by molar-refractivity contribution is -0.379. The third-order valence-corrected chi connectivity index (χ3v) is 12.6. The van der Waals surface area contributed by atoms with E-state index in [-0.39, 0.29) is 72.4 Å². The van der Waals surface area contributed by atoms with E-state index < -0.39 is 73.5 Å². The molecule has 2 fully saturated rings. The van der Waals surface area contributed by atoms with E-state index in [4.69, 9.17) is 47.4 Å². The first kappa shape index (κ1) is 55.4. The third-order valence-electron chi connectivity index (χ3n) is 12.6. The number of benzene rings is 6. The summed E-state index contributed by atoms with van der Waals surface area (Å²) in [6, 6.07) is 57.5. The lowest BCUT2D eigenvalue weighted by Gasteiger charge is -2.49. The first-order valence-electron chi connectivity index (χ1n) is 25.1. The summed E-state index contributed by atoms with van der Waals surface area (Å²) in [5.74, 6) is -2.07. The van der Waals surface area contributed by atoms with Gasteiger partial charge in [0.05, 0.1) is 59.5 Å². The van der Waals surface area contributed by atoms with Gasteiger partial charge < -0.3 is 57.8 Å². The molecule has 0 radical (unpaired) electrons. The van der Waals surface area contributed by atoms with Crippen molar-refractivity contribution < 1.29 is 70.4 Å². The zero-order valence-electron chi connectivity index (χ0n) is 41.4. The maximum Gasteiger partial charge on any atom is 0.471 e. The molecule has 6 aromatic rings. The van der Waals surface area contributed by atoms with Crippen LogP contribution < -0.4 is 5.32 Å². The molecule has 13 nitrogen and oxygen atoms in total. The summed E-state index contributed by atoms with van der Waals surface area (Å²) in [6.07, 6.45) is -16.3. The summed E-state index contributed by atoms with van der Waals surface area (Å²) in [4.78, 5) is 11.7. The van der Waals surface area contributed by atoms with Crippen LogP contribution in [0.4, 0.5) is 13.2 Å². The molecule has 2 aliphatic rings. The van der Waals surface area contributed by atoms with Crippen molar-refractivity contribution in [3.8, 4) is 0 Å². The molecule has 75 heavy (non-hydrogen) atoms. The molecule has 398 valence electrons. The zero-order chi connectivity index (χ0) is 52.1. The van der Waals surface area contributed by atoms with Crippen LogP contribution in [0.15, 0.2) is 182 Å². The van der Waals surface area contributed by atoms with E-state index in [9.17, 15) is 23.1 Å². The summed E-state index contributed by atoms with van der Waals surface area (Å²) < 4.78 is 106. The zero-order valence-corrected chi connectivity index (χ0v) is 41.4. The molecule has 0 spiro atoms. The Hall–Kier alpha value is -5.86. The summed E-state index contributed by atoms with van der Waals surface area (Å²) in [5, 5.41) is 14.6. The number of alkyl halides is 3. The van der Waals surface area contributed by atoms with Crippen molar-refractivity contribution in [2.45, 2.75) is 114 Å². The molecule has 16 heteroatoms.